The molecule has 0 aliphatic heterocycles. The fourth-order valence-electron chi connectivity index (χ4n) is 3.30. The quantitative estimate of drug-likeness (QED) is 0.482. The average molecular weight is 458 g/mol. The van der Waals surface area contributed by atoms with Gasteiger partial charge < -0.3 is 10.4 Å². The van der Waals surface area contributed by atoms with Crippen molar-refractivity contribution in [2.45, 2.75) is 20.0 Å². The Hall–Kier alpha value is -4.22. The number of aromatic carboxylic acids is 1. The largest absolute Gasteiger partial charge is 0.476 e. The fraction of sp³-hybridized carbons (Fsp3) is 0.190. The van der Waals surface area contributed by atoms with Crippen LogP contribution >= 0.6 is 0 Å². The Morgan fingerprint density at radius 3 is 2.45 bits per heavy atom. The molecule has 9 nitrogen and oxygen atoms in total. The van der Waals surface area contributed by atoms with Crippen molar-refractivity contribution in [3.63, 3.8) is 0 Å². The molecule has 0 saturated heterocycles. The second-order valence-electron chi connectivity index (χ2n) is 7.41. The first-order valence-corrected chi connectivity index (χ1v) is 9.58. The number of alkyl halides is 3. The summed E-state index contributed by atoms with van der Waals surface area (Å²) in [5.74, 6) is -2.24. The number of rotatable bonds is 4. The maximum Gasteiger partial charge on any atom is 0.433 e. The van der Waals surface area contributed by atoms with Gasteiger partial charge in [0.1, 0.15) is 0 Å². The molecule has 0 aliphatic rings. The van der Waals surface area contributed by atoms with Crippen LogP contribution in [0.5, 0.6) is 0 Å². The molecule has 0 atom stereocenters. The number of carbonyl (C=O) groups is 2. The highest BCUT2D eigenvalue weighted by Gasteiger charge is 2.36. The molecule has 33 heavy (non-hydrogen) atoms. The first kappa shape index (κ1) is 22.0. The molecule has 0 aliphatic carbocycles. The average Bonchev–Trinajstić information content (AvgIpc) is 3.31. The van der Waals surface area contributed by atoms with Crippen LogP contribution in [-0.2, 0) is 13.2 Å². The van der Waals surface area contributed by atoms with Crippen LogP contribution in [0, 0.1) is 13.8 Å². The Bertz CT molecular complexity index is 1420. The number of hydrogen-bond donors (Lipinski definition) is 2. The van der Waals surface area contributed by atoms with E-state index in [2.05, 4.69) is 20.5 Å². The van der Waals surface area contributed by atoms with Gasteiger partial charge in [-0.3, -0.25) is 9.48 Å². The lowest BCUT2D eigenvalue weighted by Gasteiger charge is -2.11. The van der Waals surface area contributed by atoms with Gasteiger partial charge in [-0.05, 0) is 37.1 Å². The van der Waals surface area contributed by atoms with E-state index < -0.39 is 23.7 Å². The van der Waals surface area contributed by atoms with Crippen molar-refractivity contribution < 1.29 is 27.9 Å². The number of fused-ring (bicyclic) bond motifs is 1. The zero-order chi connectivity index (χ0) is 24.1. The minimum Gasteiger partial charge on any atom is -0.476 e. The Kier molecular flexibility index (Phi) is 5.15. The lowest BCUT2D eigenvalue weighted by molar-refractivity contribution is -0.142. The molecule has 4 aromatic rings. The van der Waals surface area contributed by atoms with Crippen molar-refractivity contribution in [3.8, 4) is 11.3 Å². The van der Waals surface area contributed by atoms with E-state index in [9.17, 15) is 27.9 Å². The van der Waals surface area contributed by atoms with Gasteiger partial charge in [0.05, 0.1) is 17.6 Å². The number of amides is 1. The van der Waals surface area contributed by atoms with Gasteiger partial charge in [0.15, 0.2) is 22.7 Å². The van der Waals surface area contributed by atoms with Crippen LogP contribution in [0.1, 0.15) is 37.8 Å². The summed E-state index contributed by atoms with van der Waals surface area (Å²) < 4.78 is 43.0. The number of carboxylic acid groups (broad SMARTS) is 1. The summed E-state index contributed by atoms with van der Waals surface area (Å²) in [7, 11) is 1.37. The molecule has 1 amide bonds. The van der Waals surface area contributed by atoms with E-state index in [1.165, 1.54) is 7.05 Å². The number of carbonyl (C=O) groups excluding carboxylic acids is 1. The third kappa shape index (κ3) is 4.02. The Morgan fingerprint density at radius 2 is 1.82 bits per heavy atom. The monoisotopic (exact) mass is 458 g/mol. The summed E-state index contributed by atoms with van der Waals surface area (Å²) in [6.45, 7) is 3.73. The molecular weight excluding hydrogens is 441 g/mol. The molecule has 0 unspecified atom stereocenters. The number of nitrogens with zero attached hydrogens (tertiary/aromatic N) is 5. The van der Waals surface area contributed by atoms with Crippen LogP contribution in [0.25, 0.3) is 16.9 Å². The Balaban J connectivity index is 1.80. The Morgan fingerprint density at radius 1 is 1.09 bits per heavy atom. The first-order valence-electron chi connectivity index (χ1n) is 9.58. The van der Waals surface area contributed by atoms with E-state index in [0.29, 0.717) is 10.1 Å². The maximum absolute atomic E-state index is 13.8. The van der Waals surface area contributed by atoms with Gasteiger partial charge in [-0.25, -0.2) is 14.3 Å². The number of halogens is 3. The van der Waals surface area contributed by atoms with E-state index in [4.69, 9.17) is 0 Å². The van der Waals surface area contributed by atoms with Crippen LogP contribution in [0.15, 0.2) is 36.5 Å². The summed E-state index contributed by atoms with van der Waals surface area (Å²) in [6, 6.07) is 7.16. The zero-order valence-corrected chi connectivity index (χ0v) is 17.6. The fourth-order valence-corrected chi connectivity index (χ4v) is 3.30. The third-order valence-corrected chi connectivity index (χ3v) is 5.14. The lowest BCUT2D eigenvalue weighted by atomic mass is 10.0. The van der Waals surface area contributed by atoms with Crippen molar-refractivity contribution in [1.82, 2.24) is 24.4 Å². The number of aromatic nitrogens is 5. The molecule has 0 spiro atoms. The van der Waals surface area contributed by atoms with Crippen LogP contribution in [0.2, 0.25) is 0 Å². The zero-order valence-electron chi connectivity index (χ0n) is 17.6. The summed E-state index contributed by atoms with van der Waals surface area (Å²) in [4.78, 5) is 28.3. The molecule has 2 N–H and O–H groups in total. The number of hydrogen-bond acceptors (Lipinski definition) is 5. The summed E-state index contributed by atoms with van der Waals surface area (Å²) >= 11 is 0. The van der Waals surface area contributed by atoms with Gasteiger partial charge in [0.25, 0.3) is 5.91 Å². The molecule has 4 rings (SSSR count). The van der Waals surface area contributed by atoms with Gasteiger partial charge in [-0.2, -0.15) is 23.4 Å². The molecule has 12 heteroatoms. The van der Waals surface area contributed by atoms with Gasteiger partial charge in [0, 0.05) is 18.7 Å². The van der Waals surface area contributed by atoms with E-state index in [1.54, 1.807) is 18.2 Å². The topological polar surface area (TPSA) is 114 Å². The normalized spacial score (nSPS) is 11.7. The van der Waals surface area contributed by atoms with Crippen LogP contribution < -0.4 is 5.32 Å². The van der Waals surface area contributed by atoms with Crippen LogP contribution in [0.4, 0.5) is 18.9 Å². The molecule has 0 radical (unpaired) electrons. The second-order valence-corrected chi connectivity index (χ2v) is 7.41. The Labute approximate surface area is 184 Å². The molecule has 0 fully saturated rings. The highest BCUT2D eigenvalue weighted by atomic mass is 19.4. The minimum absolute atomic E-state index is 0.0743. The standard InChI is InChI=1S/C21H17F3N6O3/c1-10-4-5-12(6-11(10)2)13-7-16(21(22,23)24)30-17(26-13)8-14(28-30)19(31)27-15-9-25-29(3)18(15)20(32)33/h4-9H,1-3H3,(H,27,31)(H,32,33). The predicted octanol–water partition coefficient (Wildman–Crippen LogP) is 3.72. The first-order chi connectivity index (χ1) is 15.5. The van der Waals surface area contributed by atoms with Crippen molar-refractivity contribution in [2.24, 2.45) is 7.05 Å². The highest BCUT2D eigenvalue weighted by Crippen LogP contribution is 2.33. The van der Waals surface area contributed by atoms with Crippen molar-refractivity contribution >= 4 is 23.2 Å². The van der Waals surface area contributed by atoms with Gasteiger partial charge >= 0.3 is 12.1 Å². The van der Waals surface area contributed by atoms with E-state index in [1.807, 2.05) is 13.8 Å². The lowest BCUT2D eigenvalue weighted by Crippen LogP contribution is -2.17. The second kappa shape index (κ2) is 7.73. The predicted molar refractivity (Wildman–Crippen MR) is 111 cm³/mol. The summed E-state index contributed by atoms with van der Waals surface area (Å²) in [6.07, 6.45) is -3.65. The number of anilines is 1. The highest BCUT2D eigenvalue weighted by molar-refractivity contribution is 6.06. The number of aryl methyl sites for hydroxylation is 3. The van der Waals surface area contributed by atoms with Gasteiger partial charge in [0.2, 0.25) is 0 Å². The molecule has 0 bridgehead atoms. The van der Waals surface area contributed by atoms with Crippen LogP contribution in [0.3, 0.4) is 0 Å². The smallest absolute Gasteiger partial charge is 0.433 e. The minimum atomic E-state index is -4.77. The maximum atomic E-state index is 13.8. The summed E-state index contributed by atoms with van der Waals surface area (Å²) in [5, 5.41) is 19.1. The molecule has 3 aromatic heterocycles. The molecule has 3 heterocycles. The molecule has 170 valence electrons. The number of carboxylic acids is 1. The SMILES string of the molecule is Cc1ccc(-c2cc(C(F)(F)F)n3nc(C(=O)Nc4cnn(C)c4C(=O)O)cc3n2)cc1C. The van der Waals surface area contributed by atoms with Gasteiger partial charge in [-0.15, -0.1) is 0 Å². The molecule has 0 saturated carbocycles. The van der Waals surface area contributed by atoms with Crippen LogP contribution in [-0.4, -0.2) is 41.4 Å². The third-order valence-electron chi connectivity index (χ3n) is 5.14. The van der Waals surface area contributed by atoms with E-state index in [-0.39, 0.29) is 28.4 Å². The van der Waals surface area contributed by atoms with Crippen molar-refractivity contribution in [3.05, 3.63) is 64.7 Å². The number of nitrogens with one attached hydrogen (secondary N) is 1. The van der Waals surface area contributed by atoms with E-state index in [0.717, 1.165) is 34.1 Å². The van der Waals surface area contributed by atoms with Gasteiger partial charge in [-0.1, -0.05) is 12.1 Å². The van der Waals surface area contributed by atoms with Crippen molar-refractivity contribution in [2.75, 3.05) is 5.32 Å². The molecule has 1 aromatic carbocycles. The number of benzene rings is 1. The van der Waals surface area contributed by atoms with Crippen molar-refractivity contribution in [1.29, 1.82) is 0 Å². The molecular formula is C21H17F3N6O3. The van der Waals surface area contributed by atoms with E-state index >= 15 is 0 Å². The summed E-state index contributed by atoms with van der Waals surface area (Å²) in [5.41, 5.74) is 0.359.